The topological polar surface area (TPSA) is 190 Å². The maximum Gasteiger partial charge on any atom is 0.249 e. The van der Waals surface area contributed by atoms with Crippen molar-refractivity contribution >= 4 is 33.6 Å². The van der Waals surface area contributed by atoms with Crippen LogP contribution in [0.15, 0.2) is 73.1 Å². The zero-order chi connectivity index (χ0) is 45.9. The van der Waals surface area contributed by atoms with Crippen molar-refractivity contribution in [3.63, 3.8) is 0 Å². The van der Waals surface area contributed by atoms with E-state index in [1.54, 1.807) is 0 Å². The summed E-state index contributed by atoms with van der Waals surface area (Å²) in [5.74, 6) is -0.277. The highest BCUT2D eigenvalue weighted by atomic mass is 19.1. The van der Waals surface area contributed by atoms with E-state index in [-0.39, 0.29) is 23.6 Å². The zero-order valence-corrected chi connectivity index (χ0v) is 36.9. The number of rotatable bonds is 16. The van der Waals surface area contributed by atoms with Crippen molar-refractivity contribution in [1.29, 1.82) is 10.5 Å². The van der Waals surface area contributed by atoms with E-state index >= 15 is 0 Å². The van der Waals surface area contributed by atoms with Gasteiger partial charge in [0, 0.05) is 81.6 Å². The molecule has 14 heteroatoms. The summed E-state index contributed by atoms with van der Waals surface area (Å²) in [5, 5.41) is 20.6. The van der Waals surface area contributed by atoms with Crippen molar-refractivity contribution in [2.24, 2.45) is 23.3 Å². The Bertz CT molecular complexity index is 2680. The first kappa shape index (κ1) is 44.5. The predicted octanol–water partition coefficient (Wildman–Crippen LogP) is 7.85. The SMILES string of the molecule is N#Cc1ccc2[nH]cc(CCCN(CC3CC3)[C@@H]3COc4c(F)ccc(C(N)=O)c4C3)c2c1.N#Cc1ccc2[nH]cc(CCCN(CC3CC3)[C@H]3COc4c(F)ccc(C(N)=O)c4C3)c2c1. The van der Waals surface area contributed by atoms with E-state index in [0.29, 0.717) is 71.3 Å². The Morgan fingerprint density at radius 2 is 1.08 bits per heavy atom. The number of carbonyl (C=O) groups is 2. The van der Waals surface area contributed by atoms with Gasteiger partial charge < -0.3 is 30.9 Å². The van der Waals surface area contributed by atoms with Gasteiger partial charge in [-0.25, -0.2) is 8.78 Å². The van der Waals surface area contributed by atoms with Gasteiger partial charge in [-0.1, -0.05) is 0 Å². The number of hydrogen-bond acceptors (Lipinski definition) is 8. The number of ether oxygens (including phenoxy) is 2. The molecule has 340 valence electrons. The minimum absolute atomic E-state index is 0.0751. The highest BCUT2D eigenvalue weighted by molar-refractivity contribution is 5.96. The first-order chi connectivity index (χ1) is 32.1. The van der Waals surface area contributed by atoms with Crippen molar-refractivity contribution in [2.45, 2.75) is 76.3 Å². The lowest BCUT2D eigenvalue weighted by atomic mass is 9.95. The lowest BCUT2D eigenvalue weighted by Crippen LogP contribution is -2.45. The number of amides is 2. The van der Waals surface area contributed by atoms with Gasteiger partial charge in [0.1, 0.15) is 13.2 Å². The summed E-state index contributed by atoms with van der Waals surface area (Å²) in [6, 6.07) is 21.4. The molecule has 2 aliphatic heterocycles. The molecule has 0 unspecified atom stereocenters. The van der Waals surface area contributed by atoms with Gasteiger partial charge in [0.25, 0.3) is 0 Å². The van der Waals surface area contributed by atoms with E-state index in [9.17, 15) is 28.9 Å². The quantitative estimate of drug-likeness (QED) is 0.0755. The first-order valence-corrected chi connectivity index (χ1v) is 23.0. The smallest absolute Gasteiger partial charge is 0.249 e. The third kappa shape index (κ3) is 9.91. The Kier molecular flexibility index (Phi) is 13.1. The van der Waals surface area contributed by atoms with Crippen molar-refractivity contribution < 1.29 is 27.8 Å². The Hall–Kier alpha value is -6.74. The summed E-state index contributed by atoms with van der Waals surface area (Å²) >= 11 is 0. The van der Waals surface area contributed by atoms with E-state index in [4.69, 9.17) is 20.9 Å². The van der Waals surface area contributed by atoms with E-state index in [1.165, 1.54) is 61.1 Å². The molecule has 0 saturated heterocycles. The molecule has 6 aromatic rings. The molecule has 2 atom stereocenters. The second-order valence-electron chi connectivity index (χ2n) is 18.3. The Morgan fingerprint density at radius 1 is 0.652 bits per heavy atom. The molecule has 0 radical (unpaired) electrons. The monoisotopic (exact) mass is 892 g/mol. The van der Waals surface area contributed by atoms with Crippen LogP contribution in [0.1, 0.15) is 92.6 Å². The molecule has 2 aliphatic carbocycles. The van der Waals surface area contributed by atoms with Crippen LogP contribution in [-0.4, -0.2) is 83.1 Å². The van der Waals surface area contributed by atoms with Crippen LogP contribution in [0.4, 0.5) is 8.78 Å². The number of halogens is 2. The second-order valence-corrected chi connectivity index (χ2v) is 18.3. The molecule has 4 aliphatic rings. The minimum Gasteiger partial charge on any atom is -0.489 e. The predicted molar refractivity (Wildman–Crippen MR) is 247 cm³/mol. The number of nitrogens with one attached hydrogen (secondary N) is 2. The van der Waals surface area contributed by atoms with Crippen molar-refractivity contribution in [3.8, 4) is 23.6 Å². The molecule has 12 nitrogen and oxygen atoms in total. The van der Waals surface area contributed by atoms with E-state index in [1.807, 2.05) is 48.8 Å². The van der Waals surface area contributed by atoms with Crippen LogP contribution in [0.2, 0.25) is 0 Å². The number of hydrogen-bond donors (Lipinski definition) is 4. The lowest BCUT2D eigenvalue weighted by Gasteiger charge is -2.36. The molecular formula is C52H54F2N8O4. The highest BCUT2D eigenvalue weighted by Crippen LogP contribution is 2.37. The first-order valence-electron chi connectivity index (χ1n) is 23.0. The number of nitriles is 2. The lowest BCUT2D eigenvalue weighted by molar-refractivity contribution is 0.0973. The van der Waals surface area contributed by atoms with Gasteiger partial charge in [0.05, 0.1) is 23.3 Å². The van der Waals surface area contributed by atoms with Gasteiger partial charge in [-0.15, -0.1) is 0 Å². The molecule has 4 aromatic carbocycles. The number of H-pyrrole nitrogens is 2. The Labute approximate surface area is 382 Å². The second kappa shape index (κ2) is 19.4. The molecule has 66 heavy (non-hydrogen) atoms. The van der Waals surface area contributed by atoms with Gasteiger partial charge in [-0.05, 0) is 161 Å². The minimum atomic E-state index is -0.555. The third-order valence-electron chi connectivity index (χ3n) is 13.7. The van der Waals surface area contributed by atoms with Gasteiger partial charge >= 0.3 is 0 Å². The van der Waals surface area contributed by atoms with E-state index in [0.717, 1.165) is 73.7 Å². The van der Waals surface area contributed by atoms with Crippen molar-refractivity contribution in [3.05, 3.63) is 129 Å². The summed E-state index contributed by atoms with van der Waals surface area (Å²) in [6.45, 7) is 4.53. The van der Waals surface area contributed by atoms with Crippen LogP contribution in [-0.2, 0) is 25.7 Å². The normalized spacial score (nSPS) is 17.5. The number of nitrogens with zero attached hydrogens (tertiary/aromatic N) is 4. The van der Waals surface area contributed by atoms with Crippen LogP contribution in [0.3, 0.4) is 0 Å². The maximum atomic E-state index is 14.3. The van der Waals surface area contributed by atoms with Crippen LogP contribution < -0.4 is 20.9 Å². The van der Waals surface area contributed by atoms with Gasteiger partial charge in [0.2, 0.25) is 11.8 Å². The molecule has 0 bridgehead atoms. The number of carbonyl (C=O) groups excluding carboxylic acids is 2. The average Bonchev–Trinajstić information content (AvgIpc) is 4.26. The van der Waals surface area contributed by atoms with Gasteiger partial charge in [-0.2, -0.15) is 10.5 Å². The highest BCUT2D eigenvalue weighted by Gasteiger charge is 2.35. The molecule has 2 fully saturated rings. The maximum absolute atomic E-state index is 14.3. The Balaban J connectivity index is 0.000000166. The zero-order valence-electron chi connectivity index (χ0n) is 36.9. The molecule has 6 N–H and O–H groups in total. The molecule has 4 heterocycles. The van der Waals surface area contributed by atoms with Crippen molar-refractivity contribution in [2.75, 3.05) is 39.4 Å². The summed E-state index contributed by atoms with van der Waals surface area (Å²) in [6.07, 6.45) is 13.8. The van der Waals surface area contributed by atoms with Gasteiger partial charge in [0.15, 0.2) is 23.1 Å². The number of nitrogens with two attached hydrogens (primary N) is 2. The number of benzene rings is 4. The molecule has 0 spiro atoms. The summed E-state index contributed by atoms with van der Waals surface area (Å²) in [7, 11) is 0. The van der Waals surface area contributed by atoms with E-state index in [2.05, 4.69) is 31.9 Å². The van der Waals surface area contributed by atoms with Crippen LogP contribution in [0.5, 0.6) is 11.5 Å². The average molecular weight is 893 g/mol. The number of fused-ring (bicyclic) bond motifs is 4. The molecular weight excluding hydrogens is 839 g/mol. The van der Waals surface area contributed by atoms with Crippen molar-refractivity contribution in [1.82, 2.24) is 19.8 Å². The van der Waals surface area contributed by atoms with Crippen LogP contribution in [0.25, 0.3) is 21.8 Å². The van der Waals surface area contributed by atoms with Gasteiger partial charge in [-0.3, -0.25) is 19.4 Å². The molecule has 2 amide bonds. The van der Waals surface area contributed by atoms with Crippen LogP contribution >= 0.6 is 0 Å². The number of primary amides is 2. The fourth-order valence-electron chi connectivity index (χ4n) is 9.76. The van der Waals surface area contributed by atoms with Crippen LogP contribution in [0, 0.1) is 46.1 Å². The summed E-state index contributed by atoms with van der Waals surface area (Å²) in [5.41, 5.74) is 18.8. The largest absolute Gasteiger partial charge is 0.489 e. The number of aromatic nitrogens is 2. The fourth-order valence-corrected chi connectivity index (χ4v) is 9.76. The molecule has 2 saturated carbocycles. The molecule has 10 rings (SSSR count). The third-order valence-corrected chi connectivity index (χ3v) is 13.7. The Morgan fingerprint density at radius 3 is 1.45 bits per heavy atom. The standard InChI is InChI=1S/2C26H27FN4O2/c2*27-23-7-6-20(26(29)32)22-11-19(15-33-25(22)23)31(14-16-3-4-16)9-1-2-18-13-30-24-8-5-17(12-28)10-21(18)24/h2*5-8,10,13,16,19,30H,1-4,9,11,14-15H2,(H2,29,32)/t2*19-/m10/s1. The number of aromatic amines is 2. The molecule has 2 aromatic heterocycles. The fraction of sp³-hybridized carbons (Fsp3) is 0.385. The summed E-state index contributed by atoms with van der Waals surface area (Å²) in [4.78, 5) is 35.3. The van der Waals surface area contributed by atoms with E-state index < -0.39 is 23.4 Å². The number of aryl methyl sites for hydroxylation is 2. The summed E-state index contributed by atoms with van der Waals surface area (Å²) < 4.78 is 40.2.